The molecule has 0 amide bonds. The van der Waals surface area contributed by atoms with Crippen molar-refractivity contribution in [3.8, 4) is 24.2 Å². The first-order valence-corrected chi connectivity index (χ1v) is 11.5. The Morgan fingerprint density at radius 1 is 1.06 bits per heavy atom. The van der Waals surface area contributed by atoms with E-state index in [0.717, 1.165) is 16.9 Å². The highest BCUT2D eigenvalue weighted by Crippen LogP contribution is 2.39. The van der Waals surface area contributed by atoms with Crippen molar-refractivity contribution in [2.24, 2.45) is 0 Å². The van der Waals surface area contributed by atoms with Crippen molar-refractivity contribution >= 4 is 42.9 Å². The molecule has 1 heterocycles. The molecule has 34 heavy (non-hydrogen) atoms. The van der Waals surface area contributed by atoms with Crippen LogP contribution in [0, 0.1) is 35.3 Å². The molecule has 0 atom stereocenters. The summed E-state index contributed by atoms with van der Waals surface area (Å²) >= 11 is 1.14. The van der Waals surface area contributed by atoms with Gasteiger partial charge in [-0.3, -0.25) is 0 Å². The van der Waals surface area contributed by atoms with Gasteiger partial charge in [0, 0.05) is 29.6 Å². The molecule has 0 saturated carbocycles. The van der Waals surface area contributed by atoms with Gasteiger partial charge in [0.15, 0.2) is 0 Å². The van der Waals surface area contributed by atoms with Crippen LogP contribution in [0.1, 0.15) is 50.3 Å². The van der Waals surface area contributed by atoms with Gasteiger partial charge in [-0.15, -0.1) is 17.8 Å². The smallest absolute Gasteiger partial charge is 0.141 e. The number of terminal acetylenes is 1. The zero-order valence-electron chi connectivity index (χ0n) is 19.8. The third-order valence-electron chi connectivity index (χ3n) is 5.05. The van der Waals surface area contributed by atoms with Crippen LogP contribution in [-0.4, -0.2) is 12.2 Å². The Morgan fingerprint density at radius 2 is 1.71 bits per heavy atom. The fraction of sp³-hybridized carbons (Fsp3) is 0.222. The SMILES string of the molecule is C#Cc1c(F)ccc2cc(O)cc(NC)c12.CC.CC(C)c1ccc(F)c2sc(N)c(C#N)c12. The lowest BCUT2D eigenvalue weighted by atomic mass is 9.97. The molecule has 0 spiro atoms. The average Bonchev–Trinajstić information content (AvgIpc) is 3.17. The number of nitriles is 1. The van der Waals surface area contributed by atoms with Crippen LogP contribution < -0.4 is 11.1 Å². The van der Waals surface area contributed by atoms with Gasteiger partial charge in [-0.1, -0.05) is 45.7 Å². The van der Waals surface area contributed by atoms with Crippen LogP contribution in [0.3, 0.4) is 0 Å². The molecule has 4 aromatic rings. The van der Waals surface area contributed by atoms with E-state index in [1.165, 1.54) is 18.2 Å². The number of rotatable bonds is 2. The summed E-state index contributed by atoms with van der Waals surface area (Å²) in [5.41, 5.74) is 7.93. The predicted octanol–water partition coefficient (Wildman–Crippen LogP) is 7.35. The molecule has 4 rings (SSSR count). The number of phenolic OH excluding ortho intramolecular Hbond substituents is 1. The molecule has 4 nitrogen and oxygen atoms in total. The predicted molar refractivity (Wildman–Crippen MR) is 139 cm³/mol. The second-order valence-corrected chi connectivity index (χ2v) is 8.41. The van der Waals surface area contributed by atoms with Crippen LogP contribution in [0.5, 0.6) is 5.75 Å². The van der Waals surface area contributed by atoms with Crippen LogP contribution in [0.25, 0.3) is 20.9 Å². The molecule has 0 fully saturated rings. The Morgan fingerprint density at radius 3 is 2.26 bits per heavy atom. The minimum absolute atomic E-state index is 0.117. The fourth-order valence-electron chi connectivity index (χ4n) is 3.57. The quantitative estimate of drug-likeness (QED) is 0.263. The van der Waals surface area contributed by atoms with E-state index in [9.17, 15) is 13.9 Å². The van der Waals surface area contributed by atoms with Gasteiger partial charge >= 0.3 is 0 Å². The number of halogens is 2. The molecule has 0 aliphatic heterocycles. The number of anilines is 2. The standard InChI is InChI=1S/C13H10FNO.C12H11FN2S.C2H6/c1-3-10-11(14)5-4-8-6-9(16)7-12(15-2)13(8)10;1-6(2)7-3-4-9(13)11-10(7)8(5-14)12(15)16-11;1-2/h1,4-7,15-16H,2H3;3-4,6H,15H2,1-2H3;1-2H3. The number of benzene rings is 3. The van der Waals surface area contributed by atoms with Gasteiger partial charge in [-0.2, -0.15) is 5.26 Å². The molecular weight excluding hydrogens is 452 g/mol. The minimum atomic E-state index is -0.433. The van der Waals surface area contributed by atoms with E-state index in [1.807, 2.05) is 27.7 Å². The highest BCUT2D eigenvalue weighted by atomic mass is 32.1. The first-order chi connectivity index (χ1) is 16.2. The zero-order valence-corrected chi connectivity index (χ0v) is 20.6. The van der Waals surface area contributed by atoms with Crippen molar-refractivity contribution in [2.45, 2.75) is 33.6 Å². The van der Waals surface area contributed by atoms with Gasteiger partial charge < -0.3 is 16.2 Å². The number of nitrogen functional groups attached to an aromatic ring is 1. The number of nitrogens with two attached hydrogens (primary N) is 1. The Bertz CT molecular complexity index is 1410. The maximum atomic E-state index is 13.6. The van der Waals surface area contributed by atoms with E-state index >= 15 is 0 Å². The molecule has 0 radical (unpaired) electrons. The van der Waals surface area contributed by atoms with Crippen LogP contribution in [0.4, 0.5) is 19.5 Å². The van der Waals surface area contributed by atoms with E-state index in [-0.39, 0.29) is 23.0 Å². The van der Waals surface area contributed by atoms with Crippen molar-refractivity contribution < 1.29 is 13.9 Å². The average molecular weight is 480 g/mol. The number of thiophene rings is 1. The lowest BCUT2D eigenvalue weighted by molar-refractivity contribution is 0.476. The normalized spacial score (nSPS) is 10.1. The van der Waals surface area contributed by atoms with E-state index in [4.69, 9.17) is 17.4 Å². The number of hydrogen-bond donors (Lipinski definition) is 3. The molecule has 1 aromatic heterocycles. The van der Waals surface area contributed by atoms with Gasteiger partial charge in [-0.05, 0) is 35.1 Å². The van der Waals surface area contributed by atoms with Gasteiger partial charge in [0.25, 0.3) is 0 Å². The van der Waals surface area contributed by atoms with Crippen molar-refractivity contribution in [2.75, 3.05) is 18.1 Å². The lowest BCUT2D eigenvalue weighted by Gasteiger charge is -2.09. The number of phenols is 1. The molecule has 0 bridgehead atoms. The summed E-state index contributed by atoms with van der Waals surface area (Å²) in [5.74, 6) is 1.95. The number of hydrogen-bond acceptors (Lipinski definition) is 5. The lowest BCUT2D eigenvalue weighted by Crippen LogP contribution is -1.94. The Balaban J connectivity index is 0.000000224. The second-order valence-electron chi connectivity index (χ2n) is 7.36. The van der Waals surface area contributed by atoms with Gasteiger partial charge in [0.05, 0.1) is 15.8 Å². The van der Waals surface area contributed by atoms with E-state index < -0.39 is 5.82 Å². The van der Waals surface area contributed by atoms with Gasteiger partial charge in [0.2, 0.25) is 0 Å². The van der Waals surface area contributed by atoms with Crippen molar-refractivity contribution in [3.63, 3.8) is 0 Å². The van der Waals surface area contributed by atoms with E-state index in [0.29, 0.717) is 37.1 Å². The Kier molecular flexibility index (Phi) is 8.83. The molecule has 0 unspecified atom stereocenters. The summed E-state index contributed by atoms with van der Waals surface area (Å²) in [4.78, 5) is 0. The van der Waals surface area contributed by atoms with E-state index in [2.05, 4.69) is 17.3 Å². The van der Waals surface area contributed by atoms with E-state index in [1.54, 1.807) is 25.2 Å². The fourth-order valence-corrected chi connectivity index (χ4v) is 4.53. The summed E-state index contributed by atoms with van der Waals surface area (Å²) in [6, 6.07) is 11.2. The highest BCUT2D eigenvalue weighted by Gasteiger charge is 2.18. The van der Waals surface area contributed by atoms with Crippen molar-refractivity contribution in [3.05, 3.63) is 64.7 Å². The Labute approximate surface area is 202 Å². The first-order valence-electron chi connectivity index (χ1n) is 10.7. The van der Waals surface area contributed by atoms with Crippen LogP contribution in [0.15, 0.2) is 36.4 Å². The third kappa shape index (κ3) is 5.06. The first kappa shape index (κ1) is 26.4. The number of fused-ring (bicyclic) bond motifs is 2. The van der Waals surface area contributed by atoms with Gasteiger partial charge in [-0.25, -0.2) is 8.78 Å². The number of nitrogens with zero attached hydrogens (tertiary/aromatic N) is 1. The van der Waals surface area contributed by atoms with Crippen LogP contribution in [0.2, 0.25) is 0 Å². The number of aromatic hydroxyl groups is 1. The molecule has 0 saturated heterocycles. The molecule has 176 valence electrons. The topological polar surface area (TPSA) is 82.1 Å². The summed E-state index contributed by atoms with van der Waals surface area (Å²) < 4.78 is 27.6. The number of nitrogens with one attached hydrogen (secondary N) is 1. The maximum Gasteiger partial charge on any atom is 0.141 e. The Hall–Kier alpha value is -3.81. The van der Waals surface area contributed by atoms with Crippen LogP contribution in [-0.2, 0) is 0 Å². The molecule has 0 aliphatic rings. The second kappa shape index (κ2) is 11.4. The molecule has 4 N–H and O–H groups in total. The summed E-state index contributed by atoms with van der Waals surface area (Å²) in [6.45, 7) is 8.03. The van der Waals surface area contributed by atoms with Crippen LogP contribution >= 0.6 is 11.3 Å². The molecular formula is C27H27F2N3OS. The maximum absolute atomic E-state index is 13.6. The largest absolute Gasteiger partial charge is 0.508 e. The molecule has 7 heteroatoms. The van der Waals surface area contributed by atoms with Crippen molar-refractivity contribution in [1.82, 2.24) is 0 Å². The monoisotopic (exact) mass is 479 g/mol. The van der Waals surface area contributed by atoms with Gasteiger partial charge in [0.1, 0.15) is 28.5 Å². The summed E-state index contributed by atoms with van der Waals surface area (Å²) in [6.07, 6.45) is 5.30. The third-order valence-corrected chi connectivity index (χ3v) is 6.08. The zero-order chi connectivity index (χ0) is 25.6. The minimum Gasteiger partial charge on any atom is -0.508 e. The summed E-state index contributed by atoms with van der Waals surface area (Å²) in [5, 5.41) is 23.8. The molecule has 3 aromatic carbocycles. The summed E-state index contributed by atoms with van der Waals surface area (Å²) in [7, 11) is 1.69. The highest BCUT2D eigenvalue weighted by molar-refractivity contribution is 7.23. The molecule has 0 aliphatic carbocycles. The van der Waals surface area contributed by atoms with Crippen molar-refractivity contribution in [1.29, 1.82) is 5.26 Å².